The summed E-state index contributed by atoms with van der Waals surface area (Å²) >= 11 is 0. The summed E-state index contributed by atoms with van der Waals surface area (Å²) in [5, 5.41) is 10.4. The molecule has 0 atom stereocenters. The van der Waals surface area contributed by atoms with Gasteiger partial charge in [-0.2, -0.15) is 5.26 Å². The summed E-state index contributed by atoms with van der Waals surface area (Å²) in [4.78, 5) is 29.0. The molecule has 27 heavy (non-hydrogen) atoms. The van der Waals surface area contributed by atoms with E-state index < -0.39 is 5.60 Å². The highest BCUT2D eigenvalue weighted by atomic mass is 16.7. The van der Waals surface area contributed by atoms with Gasteiger partial charge in [-0.25, -0.2) is 5.06 Å². The molecule has 0 bridgehead atoms. The van der Waals surface area contributed by atoms with Crippen LogP contribution < -0.4 is 10.3 Å². The van der Waals surface area contributed by atoms with Crippen LogP contribution in [-0.4, -0.2) is 35.3 Å². The van der Waals surface area contributed by atoms with Crippen LogP contribution in [0, 0.1) is 11.3 Å². The summed E-state index contributed by atoms with van der Waals surface area (Å²) in [5.74, 6) is 0.559. The monoisotopic (exact) mass is 365 g/mol. The average molecular weight is 365 g/mol. The van der Waals surface area contributed by atoms with Gasteiger partial charge in [0.15, 0.2) is 0 Å². The quantitative estimate of drug-likeness (QED) is 0.599. The van der Waals surface area contributed by atoms with Gasteiger partial charge in [0.2, 0.25) is 6.41 Å². The maximum absolute atomic E-state index is 12.6. The first-order valence-electron chi connectivity index (χ1n) is 8.32. The van der Waals surface area contributed by atoms with E-state index in [0.29, 0.717) is 34.6 Å². The van der Waals surface area contributed by atoms with Gasteiger partial charge in [-0.3, -0.25) is 19.0 Å². The van der Waals surface area contributed by atoms with Crippen molar-refractivity contribution in [3.63, 3.8) is 0 Å². The minimum absolute atomic E-state index is 0.0971. The predicted octanol–water partition coefficient (Wildman–Crippen LogP) is 2.17. The third kappa shape index (κ3) is 3.35. The van der Waals surface area contributed by atoms with Gasteiger partial charge in [-0.1, -0.05) is 6.07 Å². The van der Waals surface area contributed by atoms with Crippen molar-refractivity contribution in [3.05, 3.63) is 69.6 Å². The number of pyridine rings is 1. The van der Waals surface area contributed by atoms with Gasteiger partial charge in [0, 0.05) is 23.4 Å². The van der Waals surface area contributed by atoms with Crippen molar-refractivity contribution in [1.82, 2.24) is 9.63 Å². The van der Waals surface area contributed by atoms with Crippen LogP contribution in [0.25, 0.3) is 5.70 Å². The van der Waals surface area contributed by atoms with E-state index in [-0.39, 0.29) is 12.1 Å². The number of rotatable bonds is 5. The van der Waals surface area contributed by atoms with Crippen LogP contribution in [0.5, 0.6) is 5.75 Å². The van der Waals surface area contributed by atoms with Crippen LogP contribution in [0.3, 0.4) is 0 Å². The van der Waals surface area contributed by atoms with Crippen molar-refractivity contribution in [2.24, 2.45) is 0 Å². The van der Waals surface area contributed by atoms with E-state index in [9.17, 15) is 14.9 Å². The Morgan fingerprint density at radius 2 is 2.11 bits per heavy atom. The second kappa shape index (κ2) is 7.09. The minimum Gasteiger partial charge on any atom is -0.483 e. The van der Waals surface area contributed by atoms with Crippen molar-refractivity contribution in [2.45, 2.75) is 19.4 Å². The van der Waals surface area contributed by atoms with Gasteiger partial charge in [-0.15, -0.1) is 0 Å². The number of carbonyl (C=O) groups excluding carboxylic acids is 1. The molecule has 1 aliphatic heterocycles. The molecular formula is C20H19N3O4. The Morgan fingerprint density at radius 3 is 2.74 bits per heavy atom. The fourth-order valence-corrected chi connectivity index (χ4v) is 3.11. The van der Waals surface area contributed by atoms with E-state index in [2.05, 4.69) is 6.07 Å². The standard InChI is InChI=1S/C20H19N3O4/c1-20(2)16(12-22(13-24)26-3)19(23-9-5-4-6-18(23)25)15-10-14(11-21)7-8-17(15)27-20/h4-10,13H,12H2,1-3H3. The smallest absolute Gasteiger partial charge is 0.255 e. The van der Waals surface area contributed by atoms with Gasteiger partial charge in [0.1, 0.15) is 11.4 Å². The Kier molecular flexibility index (Phi) is 4.84. The second-order valence-corrected chi connectivity index (χ2v) is 6.53. The van der Waals surface area contributed by atoms with Crippen LogP contribution in [0.4, 0.5) is 0 Å². The highest BCUT2D eigenvalue weighted by Crippen LogP contribution is 2.41. The van der Waals surface area contributed by atoms with Crippen LogP contribution >= 0.6 is 0 Å². The number of ether oxygens (including phenoxy) is 1. The highest BCUT2D eigenvalue weighted by Gasteiger charge is 2.37. The molecule has 0 radical (unpaired) electrons. The van der Waals surface area contributed by atoms with Crippen molar-refractivity contribution < 1.29 is 14.4 Å². The summed E-state index contributed by atoms with van der Waals surface area (Å²) < 4.78 is 7.63. The number of hydrogen-bond acceptors (Lipinski definition) is 5. The molecule has 3 rings (SSSR count). The summed E-state index contributed by atoms with van der Waals surface area (Å²) in [7, 11) is 1.39. The van der Waals surface area contributed by atoms with E-state index in [1.807, 2.05) is 13.8 Å². The second-order valence-electron chi connectivity index (χ2n) is 6.53. The van der Waals surface area contributed by atoms with Crippen molar-refractivity contribution in [1.29, 1.82) is 5.26 Å². The third-order valence-electron chi connectivity index (χ3n) is 4.47. The van der Waals surface area contributed by atoms with Gasteiger partial charge in [0.05, 0.1) is 31.0 Å². The number of amides is 1. The topological polar surface area (TPSA) is 84.6 Å². The maximum Gasteiger partial charge on any atom is 0.255 e. The zero-order chi connectivity index (χ0) is 19.6. The molecule has 0 fully saturated rings. The lowest BCUT2D eigenvalue weighted by Gasteiger charge is -2.38. The number of nitriles is 1. The number of nitrogens with zero attached hydrogens (tertiary/aromatic N) is 3. The number of aromatic nitrogens is 1. The molecule has 0 aliphatic carbocycles. The lowest BCUT2D eigenvalue weighted by atomic mass is 9.88. The fourth-order valence-electron chi connectivity index (χ4n) is 3.11. The molecule has 2 heterocycles. The Hall–Kier alpha value is -3.37. The largest absolute Gasteiger partial charge is 0.483 e. The lowest BCUT2D eigenvalue weighted by molar-refractivity contribution is -0.159. The Morgan fingerprint density at radius 1 is 1.33 bits per heavy atom. The van der Waals surface area contributed by atoms with Crippen molar-refractivity contribution in [3.8, 4) is 11.8 Å². The summed E-state index contributed by atoms with van der Waals surface area (Å²) in [5.41, 5.74) is 1.26. The van der Waals surface area contributed by atoms with E-state index in [4.69, 9.17) is 9.57 Å². The van der Waals surface area contributed by atoms with Crippen molar-refractivity contribution in [2.75, 3.05) is 13.7 Å². The predicted molar refractivity (Wildman–Crippen MR) is 98.7 cm³/mol. The SMILES string of the molecule is CON(C=O)CC1=C(n2ccccc2=O)c2cc(C#N)ccc2OC1(C)C. The van der Waals surface area contributed by atoms with Gasteiger partial charge in [0.25, 0.3) is 5.56 Å². The Bertz CT molecular complexity index is 1010. The first kappa shape index (κ1) is 18.4. The van der Waals surface area contributed by atoms with Crippen LogP contribution in [0.2, 0.25) is 0 Å². The van der Waals surface area contributed by atoms with Crippen LogP contribution in [-0.2, 0) is 9.63 Å². The first-order valence-corrected chi connectivity index (χ1v) is 8.32. The van der Waals surface area contributed by atoms with E-state index in [0.717, 1.165) is 5.06 Å². The van der Waals surface area contributed by atoms with Gasteiger partial charge < -0.3 is 4.74 Å². The summed E-state index contributed by atoms with van der Waals surface area (Å²) in [6.07, 6.45) is 2.22. The molecule has 0 saturated heterocycles. The van der Waals surface area contributed by atoms with Crippen LogP contribution in [0.1, 0.15) is 25.0 Å². The number of benzene rings is 1. The molecular weight excluding hydrogens is 346 g/mol. The summed E-state index contributed by atoms with van der Waals surface area (Å²) in [6.45, 7) is 3.81. The zero-order valence-corrected chi connectivity index (χ0v) is 15.3. The van der Waals surface area contributed by atoms with Gasteiger partial charge >= 0.3 is 0 Å². The first-order chi connectivity index (χ1) is 12.9. The molecule has 1 aromatic heterocycles. The maximum atomic E-state index is 12.6. The van der Waals surface area contributed by atoms with E-state index in [1.54, 1.807) is 36.5 Å². The molecule has 1 amide bonds. The third-order valence-corrected chi connectivity index (χ3v) is 4.47. The molecule has 1 aromatic carbocycles. The summed E-state index contributed by atoms with van der Waals surface area (Å²) in [6, 6.07) is 12.0. The Labute approximate surface area is 156 Å². The number of carbonyl (C=O) groups is 1. The number of hydroxylamine groups is 2. The van der Waals surface area contributed by atoms with E-state index >= 15 is 0 Å². The molecule has 0 saturated carbocycles. The number of hydrogen-bond donors (Lipinski definition) is 0. The van der Waals surface area contributed by atoms with Crippen molar-refractivity contribution >= 4 is 12.1 Å². The fraction of sp³-hybridized carbons (Fsp3) is 0.250. The number of fused-ring (bicyclic) bond motifs is 1. The normalized spacial score (nSPS) is 14.7. The zero-order valence-electron chi connectivity index (χ0n) is 15.3. The Balaban J connectivity index is 2.36. The molecule has 138 valence electrons. The molecule has 0 N–H and O–H groups in total. The van der Waals surface area contributed by atoms with Crippen LogP contribution in [0.15, 0.2) is 53.0 Å². The highest BCUT2D eigenvalue weighted by molar-refractivity contribution is 5.78. The molecule has 0 unspecified atom stereocenters. The lowest BCUT2D eigenvalue weighted by Crippen LogP contribution is -2.42. The molecule has 0 spiro atoms. The average Bonchev–Trinajstić information content (AvgIpc) is 2.66. The molecule has 7 nitrogen and oxygen atoms in total. The molecule has 1 aliphatic rings. The molecule has 2 aromatic rings. The minimum atomic E-state index is -0.814. The molecule has 7 heteroatoms. The van der Waals surface area contributed by atoms with Gasteiger partial charge in [-0.05, 0) is 38.1 Å². The van der Waals surface area contributed by atoms with E-state index in [1.165, 1.54) is 17.7 Å².